The average Bonchev–Trinajstić information content (AvgIpc) is 2.37. The number of nitrogens with zero attached hydrogens (tertiary/aromatic N) is 3. The van der Waals surface area contributed by atoms with Crippen LogP contribution in [0.3, 0.4) is 0 Å². The summed E-state index contributed by atoms with van der Waals surface area (Å²) in [6.07, 6.45) is 2.45. The summed E-state index contributed by atoms with van der Waals surface area (Å²) in [7, 11) is 2.13. The van der Waals surface area contributed by atoms with Crippen molar-refractivity contribution in [2.45, 2.75) is 12.8 Å². The predicted molar refractivity (Wildman–Crippen MR) is 67.7 cm³/mol. The lowest BCUT2D eigenvalue weighted by Crippen LogP contribution is -2.35. The molecule has 6 nitrogen and oxygen atoms in total. The SMILES string of the molecule is CN1CCCC(CNc2ccc(C(=O)O)nn2)C1. The minimum atomic E-state index is -1.05. The monoisotopic (exact) mass is 250 g/mol. The van der Waals surface area contributed by atoms with E-state index in [-0.39, 0.29) is 5.69 Å². The number of carboxylic acids is 1. The Balaban J connectivity index is 1.84. The van der Waals surface area contributed by atoms with Crippen LogP contribution in [0, 0.1) is 5.92 Å². The number of carbonyl (C=O) groups is 1. The third-order valence-electron chi connectivity index (χ3n) is 3.18. The van der Waals surface area contributed by atoms with E-state index in [1.807, 2.05) is 0 Å². The van der Waals surface area contributed by atoms with Gasteiger partial charge in [-0.2, -0.15) is 0 Å². The molecule has 0 radical (unpaired) electrons. The van der Waals surface area contributed by atoms with E-state index in [0.717, 1.165) is 13.1 Å². The standard InChI is InChI=1S/C12H18N4O2/c1-16-6-2-3-9(8-16)7-13-11-5-4-10(12(17)18)14-15-11/h4-5,9H,2-3,6-8H2,1H3,(H,13,15)(H,17,18). The molecular formula is C12H18N4O2. The van der Waals surface area contributed by atoms with Crippen molar-refractivity contribution >= 4 is 11.8 Å². The smallest absolute Gasteiger partial charge is 0.356 e. The number of nitrogens with one attached hydrogen (secondary N) is 1. The van der Waals surface area contributed by atoms with Crippen LogP contribution in [0.4, 0.5) is 5.82 Å². The lowest BCUT2D eigenvalue weighted by Gasteiger charge is -2.29. The summed E-state index contributed by atoms with van der Waals surface area (Å²) in [6.45, 7) is 3.11. The zero-order chi connectivity index (χ0) is 13.0. The Labute approximate surface area is 106 Å². The van der Waals surface area contributed by atoms with Crippen molar-refractivity contribution in [3.8, 4) is 0 Å². The van der Waals surface area contributed by atoms with Gasteiger partial charge in [0, 0.05) is 13.1 Å². The highest BCUT2D eigenvalue weighted by Crippen LogP contribution is 2.15. The molecule has 18 heavy (non-hydrogen) atoms. The molecule has 98 valence electrons. The quantitative estimate of drug-likeness (QED) is 0.827. The third kappa shape index (κ3) is 3.40. The minimum Gasteiger partial charge on any atom is -0.476 e. The molecular weight excluding hydrogens is 232 g/mol. The maximum atomic E-state index is 10.6. The van der Waals surface area contributed by atoms with E-state index >= 15 is 0 Å². The lowest BCUT2D eigenvalue weighted by molar-refractivity contribution is 0.0689. The molecule has 2 N–H and O–H groups in total. The Bertz CT molecular complexity index is 407. The molecule has 1 aliphatic rings. The number of carboxylic acid groups (broad SMARTS) is 1. The molecule has 0 aromatic carbocycles. The maximum absolute atomic E-state index is 10.6. The zero-order valence-electron chi connectivity index (χ0n) is 10.5. The van der Waals surface area contributed by atoms with Crippen molar-refractivity contribution in [2.24, 2.45) is 5.92 Å². The van der Waals surface area contributed by atoms with Gasteiger partial charge < -0.3 is 15.3 Å². The summed E-state index contributed by atoms with van der Waals surface area (Å²) >= 11 is 0. The van der Waals surface area contributed by atoms with Gasteiger partial charge in [0.1, 0.15) is 5.82 Å². The number of piperidine rings is 1. The second kappa shape index (κ2) is 5.77. The highest BCUT2D eigenvalue weighted by Gasteiger charge is 2.16. The first kappa shape index (κ1) is 12.8. The van der Waals surface area contributed by atoms with Crippen molar-refractivity contribution < 1.29 is 9.90 Å². The predicted octanol–water partition coefficient (Wildman–Crippen LogP) is 0.928. The fourth-order valence-electron chi connectivity index (χ4n) is 2.23. The van der Waals surface area contributed by atoms with E-state index in [1.165, 1.54) is 25.5 Å². The molecule has 1 aromatic heterocycles. The van der Waals surface area contributed by atoms with Crippen LogP contribution in [0.1, 0.15) is 23.3 Å². The van der Waals surface area contributed by atoms with E-state index in [2.05, 4.69) is 27.5 Å². The molecule has 0 amide bonds. The van der Waals surface area contributed by atoms with E-state index in [9.17, 15) is 4.79 Å². The maximum Gasteiger partial charge on any atom is 0.356 e. The van der Waals surface area contributed by atoms with Crippen LogP contribution in [0.5, 0.6) is 0 Å². The number of aromatic nitrogens is 2. The lowest BCUT2D eigenvalue weighted by atomic mass is 9.98. The summed E-state index contributed by atoms with van der Waals surface area (Å²) in [5.41, 5.74) is -0.0297. The second-order valence-electron chi connectivity index (χ2n) is 4.76. The van der Waals surface area contributed by atoms with Crippen LogP contribution in [-0.4, -0.2) is 52.9 Å². The Morgan fingerprint density at radius 2 is 2.39 bits per heavy atom. The first-order valence-electron chi connectivity index (χ1n) is 6.14. The number of hydrogen-bond acceptors (Lipinski definition) is 5. The van der Waals surface area contributed by atoms with Crippen LogP contribution < -0.4 is 5.32 Å². The van der Waals surface area contributed by atoms with Gasteiger partial charge in [-0.25, -0.2) is 4.79 Å². The topological polar surface area (TPSA) is 78.4 Å². The highest BCUT2D eigenvalue weighted by atomic mass is 16.4. The van der Waals surface area contributed by atoms with E-state index in [1.54, 1.807) is 6.07 Å². The molecule has 0 bridgehead atoms. The fourth-order valence-corrected chi connectivity index (χ4v) is 2.23. The van der Waals surface area contributed by atoms with Crippen LogP contribution in [0.2, 0.25) is 0 Å². The molecule has 2 rings (SSSR count). The normalized spacial score (nSPS) is 20.6. The number of anilines is 1. The molecule has 1 aliphatic heterocycles. The molecule has 1 atom stereocenters. The molecule has 6 heteroatoms. The van der Waals surface area contributed by atoms with Crippen LogP contribution in [-0.2, 0) is 0 Å². The van der Waals surface area contributed by atoms with Crippen LogP contribution in [0.25, 0.3) is 0 Å². The summed E-state index contributed by atoms with van der Waals surface area (Å²) in [6, 6.07) is 3.12. The molecule has 1 fully saturated rings. The zero-order valence-corrected chi connectivity index (χ0v) is 10.5. The van der Waals surface area contributed by atoms with Gasteiger partial charge in [0.15, 0.2) is 5.69 Å². The van der Waals surface area contributed by atoms with Gasteiger partial charge in [-0.05, 0) is 44.5 Å². The molecule has 2 heterocycles. The summed E-state index contributed by atoms with van der Waals surface area (Å²) in [4.78, 5) is 13.0. The van der Waals surface area contributed by atoms with Gasteiger partial charge in [-0.1, -0.05) is 0 Å². The van der Waals surface area contributed by atoms with E-state index in [4.69, 9.17) is 5.11 Å². The number of rotatable bonds is 4. The number of hydrogen-bond donors (Lipinski definition) is 2. The second-order valence-corrected chi connectivity index (χ2v) is 4.76. The summed E-state index contributed by atoms with van der Waals surface area (Å²) < 4.78 is 0. The van der Waals surface area contributed by atoms with Crippen molar-refractivity contribution in [2.75, 3.05) is 32.0 Å². The van der Waals surface area contributed by atoms with Crippen LogP contribution >= 0.6 is 0 Å². The van der Waals surface area contributed by atoms with E-state index in [0.29, 0.717) is 11.7 Å². The summed E-state index contributed by atoms with van der Waals surface area (Å²) in [5.74, 6) is 0.195. The Morgan fingerprint density at radius 3 is 3.00 bits per heavy atom. The number of likely N-dealkylation sites (tertiary alicyclic amines) is 1. The van der Waals surface area contributed by atoms with Gasteiger partial charge in [0.25, 0.3) is 0 Å². The van der Waals surface area contributed by atoms with Gasteiger partial charge >= 0.3 is 5.97 Å². The Kier molecular flexibility index (Phi) is 4.09. The molecule has 0 aliphatic carbocycles. The molecule has 1 saturated heterocycles. The van der Waals surface area contributed by atoms with Gasteiger partial charge in [-0.3, -0.25) is 0 Å². The van der Waals surface area contributed by atoms with Crippen molar-refractivity contribution in [1.29, 1.82) is 0 Å². The number of aromatic carboxylic acids is 1. The first-order chi connectivity index (χ1) is 8.65. The van der Waals surface area contributed by atoms with Gasteiger partial charge in [-0.15, -0.1) is 10.2 Å². The van der Waals surface area contributed by atoms with Crippen molar-refractivity contribution in [3.63, 3.8) is 0 Å². The molecule has 1 unspecified atom stereocenters. The fraction of sp³-hybridized carbons (Fsp3) is 0.583. The Hall–Kier alpha value is -1.69. The minimum absolute atomic E-state index is 0.0297. The first-order valence-corrected chi connectivity index (χ1v) is 6.14. The van der Waals surface area contributed by atoms with Crippen molar-refractivity contribution in [1.82, 2.24) is 15.1 Å². The third-order valence-corrected chi connectivity index (χ3v) is 3.18. The molecule has 1 aromatic rings. The van der Waals surface area contributed by atoms with Crippen molar-refractivity contribution in [3.05, 3.63) is 17.8 Å². The van der Waals surface area contributed by atoms with Gasteiger partial charge in [0.2, 0.25) is 0 Å². The average molecular weight is 250 g/mol. The summed E-state index contributed by atoms with van der Waals surface area (Å²) in [5, 5.41) is 19.4. The van der Waals surface area contributed by atoms with Crippen LogP contribution in [0.15, 0.2) is 12.1 Å². The Morgan fingerprint density at radius 1 is 1.56 bits per heavy atom. The van der Waals surface area contributed by atoms with E-state index < -0.39 is 5.97 Å². The highest BCUT2D eigenvalue weighted by molar-refractivity contribution is 5.85. The molecule has 0 saturated carbocycles. The largest absolute Gasteiger partial charge is 0.476 e. The van der Waals surface area contributed by atoms with Gasteiger partial charge in [0.05, 0.1) is 0 Å². The molecule has 0 spiro atoms.